The molecule has 0 atom stereocenters. The van der Waals surface area contributed by atoms with Crippen molar-refractivity contribution in [3.05, 3.63) is 51.7 Å². The Bertz CT molecular complexity index is 507. The smallest absolute Gasteiger partial charge is 0.119 e. The van der Waals surface area contributed by atoms with Crippen LogP contribution in [0.25, 0.3) is 0 Å². The highest BCUT2D eigenvalue weighted by Crippen LogP contribution is 2.16. The van der Waals surface area contributed by atoms with Crippen LogP contribution in [-0.4, -0.2) is 6.61 Å². The second kappa shape index (κ2) is 7.31. The van der Waals surface area contributed by atoms with Crippen molar-refractivity contribution in [2.75, 3.05) is 6.61 Å². The van der Waals surface area contributed by atoms with Crippen LogP contribution in [0.3, 0.4) is 0 Å². The molecule has 0 aliphatic carbocycles. The Labute approximate surface area is 119 Å². The van der Waals surface area contributed by atoms with Crippen LogP contribution in [0.4, 0.5) is 0 Å². The largest absolute Gasteiger partial charge is 0.494 e. The maximum Gasteiger partial charge on any atom is 0.119 e. The molecule has 0 aliphatic rings. The lowest BCUT2D eigenvalue weighted by molar-refractivity contribution is 0.317. The van der Waals surface area contributed by atoms with Gasteiger partial charge in [-0.05, 0) is 48.1 Å². The fourth-order valence-electron chi connectivity index (χ4n) is 1.87. The van der Waals surface area contributed by atoms with E-state index in [0.717, 1.165) is 31.9 Å². The van der Waals surface area contributed by atoms with Gasteiger partial charge in [0.05, 0.1) is 6.61 Å². The summed E-state index contributed by atoms with van der Waals surface area (Å²) in [7, 11) is 0. The lowest BCUT2D eigenvalue weighted by Crippen LogP contribution is -2.12. The van der Waals surface area contributed by atoms with Crippen molar-refractivity contribution in [2.24, 2.45) is 0 Å². The van der Waals surface area contributed by atoms with Crippen molar-refractivity contribution in [3.63, 3.8) is 0 Å². The molecule has 0 unspecified atom stereocenters. The van der Waals surface area contributed by atoms with Crippen LogP contribution in [0.15, 0.2) is 35.7 Å². The van der Waals surface area contributed by atoms with Crippen molar-refractivity contribution in [1.29, 1.82) is 0 Å². The fourth-order valence-corrected chi connectivity index (χ4v) is 2.75. The fraction of sp³-hybridized carbons (Fsp3) is 0.375. The molecule has 102 valence electrons. The summed E-state index contributed by atoms with van der Waals surface area (Å²) in [5, 5.41) is 5.63. The Morgan fingerprint density at radius 3 is 2.84 bits per heavy atom. The summed E-state index contributed by atoms with van der Waals surface area (Å²) in [6.07, 6.45) is 1.04. The predicted molar refractivity (Wildman–Crippen MR) is 81.8 cm³/mol. The molecule has 2 rings (SSSR count). The van der Waals surface area contributed by atoms with E-state index in [1.807, 2.05) is 17.4 Å². The van der Waals surface area contributed by atoms with E-state index in [2.05, 4.69) is 48.8 Å². The van der Waals surface area contributed by atoms with E-state index in [1.165, 1.54) is 16.0 Å². The van der Waals surface area contributed by atoms with Crippen LogP contribution < -0.4 is 10.1 Å². The zero-order chi connectivity index (χ0) is 13.5. The van der Waals surface area contributed by atoms with Crippen LogP contribution in [0, 0.1) is 6.92 Å². The number of hydrogen-bond acceptors (Lipinski definition) is 3. The Hall–Kier alpha value is -1.32. The number of aryl methyl sites for hydroxylation is 1. The van der Waals surface area contributed by atoms with Gasteiger partial charge in [0, 0.05) is 18.0 Å². The van der Waals surface area contributed by atoms with Gasteiger partial charge in [0.25, 0.3) is 0 Å². The molecule has 0 aliphatic heterocycles. The Kier molecular flexibility index (Phi) is 5.43. The second-order valence-corrected chi connectivity index (χ2v) is 5.63. The van der Waals surface area contributed by atoms with Crippen molar-refractivity contribution in [3.8, 4) is 5.75 Å². The summed E-state index contributed by atoms with van der Waals surface area (Å²) in [6, 6.07) is 10.5. The maximum absolute atomic E-state index is 5.64. The van der Waals surface area contributed by atoms with Crippen LogP contribution in [0.5, 0.6) is 5.75 Å². The average molecular weight is 275 g/mol. The molecule has 0 bridgehead atoms. The number of benzene rings is 1. The summed E-state index contributed by atoms with van der Waals surface area (Å²) in [5.74, 6) is 0.966. The normalized spacial score (nSPS) is 10.6. The zero-order valence-corrected chi connectivity index (χ0v) is 12.4. The standard InChI is InChI=1S/C16H21NOS/c1-3-8-18-15-6-4-5-14(10-15)11-17-12-16-13(2)7-9-19-16/h4-7,9-10,17H,3,8,11-12H2,1-2H3. The highest BCUT2D eigenvalue weighted by atomic mass is 32.1. The van der Waals surface area contributed by atoms with E-state index in [-0.39, 0.29) is 0 Å². The molecule has 0 fully saturated rings. The lowest BCUT2D eigenvalue weighted by Gasteiger charge is -2.08. The molecule has 19 heavy (non-hydrogen) atoms. The minimum absolute atomic E-state index is 0.783. The van der Waals surface area contributed by atoms with E-state index in [4.69, 9.17) is 4.74 Å². The molecule has 1 heterocycles. The molecule has 0 saturated carbocycles. The Balaban J connectivity index is 1.84. The van der Waals surface area contributed by atoms with Crippen LogP contribution in [-0.2, 0) is 13.1 Å². The van der Waals surface area contributed by atoms with Gasteiger partial charge in [-0.25, -0.2) is 0 Å². The van der Waals surface area contributed by atoms with Gasteiger partial charge in [0.1, 0.15) is 5.75 Å². The van der Waals surface area contributed by atoms with Gasteiger partial charge >= 0.3 is 0 Å². The van der Waals surface area contributed by atoms with E-state index in [1.54, 1.807) is 0 Å². The van der Waals surface area contributed by atoms with Crippen LogP contribution in [0.2, 0.25) is 0 Å². The average Bonchev–Trinajstić information content (AvgIpc) is 2.83. The lowest BCUT2D eigenvalue weighted by atomic mass is 10.2. The third-order valence-electron chi connectivity index (χ3n) is 2.95. The number of hydrogen-bond donors (Lipinski definition) is 1. The number of ether oxygens (including phenoxy) is 1. The van der Waals surface area contributed by atoms with E-state index in [9.17, 15) is 0 Å². The second-order valence-electron chi connectivity index (χ2n) is 4.63. The van der Waals surface area contributed by atoms with Gasteiger partial charge in [-0.15, -0.1) is 11.3 Å². The SMILES string of the molecule is CCCOc1cccc(CNCc2sccc2C)c1. The molecule has 0 amide bonds. The molecular formula is C16H21NOS. The van der Waals surface area contributed by atoms with E-state index >= 15 is 0 Å². The molecule has 1 aromatic heterocycles. The highest BCUT2D eigenvalue weighted by molar-refractivity contribution is 7.10. The topological polar surface area (TPSA) is 21.3 Å². The molecular weight excluding hydrogens is 254 g/mol. The number of nitrogens with one attached hydrogen (secondary N) is 1. The summed E-state index contributed by atoms with van der Waals surface area (Å²) in [4.78, 5) is 1.42. The zero-order valence-electron chi connectivity index (χ0n) is 11.6. The van der Waals surface area contributed by atoms with Crippen molar-refractivity contribution in [1.82, 2.24) is 5.32 Å². The molecule has 1 aromatic carbocycles. The number of thiophene rings is 1. The van der Waals surface area contributed by atoms with Gasteiger partial charge in [-0.1, -0.05) is 19.1 Å². The van der Waals surface area contributed by atoms with Crippen molar-refractivity contribution >= 4 is 11.3 Å². The monoisotopic (exact) mass is 275 g/mol. The molecule has 1 N–H and O–H groups in total. The predicted octanol–water partition coefficient (Wildman–Crippen LogP) is 4.14. The Morgan fingerprint density at radius 1 is 1.21 bits per heavy atom. The van der Waals surface area contributed by atoms with Gasteiger partial charge in [-0.2, -0.15) is 0 Å². The first kappa shape index (κ1) is 14.1. The first-order valence-corrected chi connectivity index (χ1v) is 7.63. The molecule has 0 radical (unpaired) electrons. The molecule has 0 saturated heterocycles. The molecule has 2 aromatic rings. The van der Waals surface area contributed by atoms with Gasteiger partial charge in [-0.3, -0.25) is 0 Å². The van der Waals surface area contributed by atoms with E-state index in [0.29, 0.717) is 0 Å². The first-order chi connectivity index (χ1) is 9.29. The first-order valence-electron chi connectivity index (χ1n) is 6.75. The molecule has 0 spiro atoms. The molecule has 3 heteroatoms. The van der Waals surface area contributed by atoms with Crippen LogP contribution >= 0.6 is 11.3 Å². The summed E-state index contributed by atoms with van der Waals surface area (Å²) < 4.78 is 5.64. The Morgan fingerprint density at radius 2 is 2.11 bits per heavy atom. The number of rotatable bonds is 7. The molecule has 2 nitrogen and oxygen atoms in total. The third-order valence-corrected chi connectivity index (χ3v) is 3.98. The van der Waals surface area contributed by atoms with Gasteiger partial charge < -0.3 is 10.1 Å². The van der Waals surface area contributed by atoms with Gasteiger partial charge in [0.15, 0.2) is 0 Å². The highest BCUT2D eigenvalue weighted by Gasteiger charge is 2.00. The summed E-state index contributed by atoms with van der Waals surface area (Å²) in [6.45, 7) is 6.87. The third kappa shape index (κ3) is 4.37. The van der Waals surface area contributed by atoms with Crippen molar-refractivity contribution in [2.45, 2.75) is 33.4 Å². The van der Waals surface area contributed by atoms with Crippen LogP contribution in [0.1, 0.15) is 29.3 Å². The van der Waals surface area contributed by atoms with Crippen molar-refractivity contribution < 1.29 is 4.74 Å². The minimum Gasteiger partial charge on any atom is -0.494 e. The minimum atomic E-state index is 0.783. The summed E-state index contributed by atoms with van der Waals surface area (Å²) in [5.41, 5.74) is 2.64. The maximum atomic E-state index is 5.64. The quantitative estimate of drug-likeness (QED) is 0.820. The summed E-state index contributed by atoms with van der Waals surface area (Å²) >= 11 is 1.81. The van der Waals surface area contributed by atoms with Gasteiger partial charge in [0.2, 0.25) is 0 Å². The van der Waals surface area contributed by atoms with E-state index < -0.39 is 0 Å².